The minimum Gasteiger partial charge on any atom is -0.502 e. The number of hydrogen-bond donors (Lipinski definition) is 3. The Morgan fingerprint density at radius 2 is 1.92 bits per heavy atom. The molecular formula is C17H21N3O4. The van der Waals surface area contributed by atoms with Gasteiger partial charge in [0, 0.05) is 32.0 Å². The smallest absolute Gasteiger partial charge is 0.252 e. The summed E-state index contributed by atoms with van der Waals surface area (Å²) in [4.78, 5) is 15.8. The molecule has 24 heavy (non-hydrogen) atoms. The van der Waals surface area contributed by atoms with E-state index < -0.39 is 0 Å². The van der Waals surface area contributed by atoms with Crippen LogP contribution >= 0.6 is 0 Å². The molecule has 0 saturated heterocycles. The lowest BCUT2D eigenvalue weighted by molar-refractivity contribution is 0.0953. The molecular weight excluding hydrogens is 310 g/mol. The predicted molar refractivity (Wildman–Crippen MR) is 89.5 cm³/mol. The first-order valence-corrected chi connectivity index (χ1v) is 7.48. The number of amides is 1. The summed E-state index contributed by atoms with van der Waals surface area (Å²) in [6, 6.07) is 6.90. The minimum absolute atomic E-state index is 0.0208. The lowest BCUT2D eigenvalue weighted by Gasteiger charge is -2.12. The summed E-state index contributed by atoms with van der Waals surface area (Å²) >= 11 is 0. The number of pyridine rings is 1. The lowest BCUT2D eigenvalue weighted by atomic mass is 10.2. The predicted octanol–water partition coefficient (Wildman–Crippen LogP) is 1.32. The number of carbonyl (C=O) groups is 1. The lowest BCUT2D eigenvalue weighted by Crippen LogP contribution is -2.31. The summed E-state index contributed by atoms with van der Waals surface area (Å²) in [7, 11) is 2.97. The van der Waals surface area contributed by atoms with E-state index in [1.54, 1.807) is 30.5 Å². The highest BCUT2D eigenvalue weighted by Crippen LogP contribution is 2.36. The molecule has 0 radical (unpaired) electrons. The van der Waals surface area contributed by atoms with Crippen molar-refractivity contribution in [3.05, 3.63) is 47.8 Å². The number of hydrogen-bond acceptors (Lipinski definition) is 6. The molecule has 7 heteroatoms. The second kappa shape index (κ2) is 8.73. The molecule has 1 aromatic carbocycles. The Hall–Kier alpha value is -2.80. The first-order valence-electron chi connectivity index (χ1n) is 7.48. The van der Waals surface area contributed by atoms with Gasteiger partial charge in [-0.25, -0.2) is 0 Å². The number of ether oxygens (including phenoxy) is 2. The number of nitrogens with zero attached hydrogens (tertiary/aromatic N) is 1. The molecule has 0 spiro atoms. The summed E-state index contributed by atoms with van der Waals surface area (Å²) in [5.74, 6) is 0.539. The maximum atomic E-state index is 11.8. The van der Waals surface area contributed by atoms with Crippen LogP contribution in [0.1, 0.15) is 15.9 Å². The SMILES string of the molecule is COc1cc(CNCCNC(=O)c2cccnc2)cc(OC)c1O. The van der Waals surface area contributed by atoms with E-state index in [4.69, 9.17) is 9.47 Å². The Kier molecular flexibility index (Phi) is 6.39. The molecule has 3 N–H and O–H groups in total. The Morgan fingerprint density at radius 3 is 2.50 bits per heavy atom. The quantitative estimate of drug-likeness (QED) is 0.632. The normalized spacial score (nSPS) is 10.2. The number of phenolic OH excluding ortho intramolecular Hbond substituents is 1. The average Bonchev–Trinajstić information content (AvgIpc) is 2.63. The number of nitrogens with one attached hydrogen (secondary N) is 2. The van der Waals surface area contributed by atoms with Crippen molar-refractivity contribution in [1.29, 1.82) is 0 Å². The van der Waals surface area contributed by atoms with Crippen molar-refractivity contribution >= 4 is 5.91 Å². The molecule has 0 bridgehead atoms. The van der Waals surface area contributed by atoms with Gasteiger partial charge in [0.2, 0.25) is 5.75 Å². The molecule has 2 aromatic rings. The van der Waals surface area contributed by atoms with E-state index in [9.17, 15) is 9.90 Å². The average molecular weight is 331 g/mol. The van der Waals surface area contributed by atoms with Crippen molar-refractivity contribution in [1.82, 2.24) is 15.6 Å². The van der Waals surface area contributed by atoms with Crippen LogP contribution in [0.5, 0.6) is 17.2 Å². The molecule has 0 atom stereocenters. The van der Waals surface area contributed by atoms with Crippen molar-refractivity contribution in [2.24, 2.45) is 0 Å². The van der Waals surface area contributed by atoms with Gasteiger partial charge in [-0.2, -0.15) is 0 Å². The third kappa shape index (κ3) is 4.60. The minimum atomic E-state index is -0.155. The molecule has 2 rings (SSSR count). The third-order valence-corrected chi connectivity index (χ3v) is 3.38. The van der Waals surface area contributed by atoms with Gasteiger partial charge in [0.15, 0.2) is 11.5 Å². The van der Waals surface area contributed by atoms with Crippen LogP contribution in [0.15, 0.2) is 36.7 Å². The molecule has 1 aromatic heterocycles. The number of rotatable bonds is 8. The summed E-state index contributed by atoms with van der Waals surface area (Å²) in [6.45, 7) is 1.63. The van der Waals surface area contributed by atoms with E-state index in [0.29, 0.717) is 36.7 Å². The standard InChI is InChI=1S/C17H21N3O4/c1-23-14-8-12(9-15(24-2)16(14)21)10-19-6-7-20-17(22)13-4-3-5-18-11-13/h3-5,8-9,11,19,21H,6-7,10H2,1-2H3,(H,20,22). The number of phenols is 1. The van der Waals surface area contributed by atoms with Gasteiger partial charge in [-0.15, -0.1) is 0 Å². The van der Waals surface area contributed by atoms with E-state index in [2.05, 4.69) is 15.6 Å². The number of methoxy groups -OCH3 is 2. The molecule has 0 unspecified atom stereocenters. The highest BCUT2D eigenvalue weighted by atomic mass is 16.5. The first-order chi connectivity index (χ1) is 11.7. The van der Waals surface area contributed by atoms with E-state index in [0.717, 1.165) is 5.56 Å². The van der Waals surface area contributed by atoms with Gasteiger partial charge < -0.3 is 25.2 Å². The number of aromatic hydroxyl groups is 1. The van der Waals surface area contributed by atoms with Crippen molar-refractivity contribution in [3.63, 3.8) is 0 Å². The largest absolute Gasteiger partial charge is 0.502 e. The molecule has 1 heterocycles. The molecule has 0 aliphatic rings. The zero-order valence-electron chi connectivity index (χ0n) is 13.7. The second-order valence-electron chi connectivity index (χ2n) is 5.02. The fraction of sp³-hybridized carbons (Fsp3) is 0.294. The summed E-state index contributed by atoms with van der Waals surface area (Å²) in [5, 5.41) is 15.9. The van der Waals surface area contributed by atoms with E-state index in [-0.39, 0.29) is 11.7 Å². The zero-order valence-corrected chi connectivity index (χ0v) is 13.7. The number of aromatic nitrogens is 1. The van der Waals surface area contributed by atoms with Crippen LogP contribution in [0.25, 0.3) is 0 Å². The van der Waals surface area contributed by atoms with E-state index in [1.807, 2.05) is 0 Å². The highest BCUT2D eigenvalue weighted by Gasteiger charge is 2.11. The monoisotopic (exact) mass is 331 g/mol. The van der Waals surface area contributed by atoms with Crippen molar-refractivity contribution in [3.8, 4) is 17.2 Å². The number of benzene rings is 1. The van der Waals surface area contributed by atoms with Gasteiger partial charge in [-0.3, -0.25) is 9.78 Å². The zero-order chi connectivity index (χ0) is 17.4. The summed E-state index contributed by atoms with van der Waals surface area (Å²) < 4.78 is 10.2. The third-order valence-electron chi connectivity index (χ3n) is 3.38. The van der Waals surface area contributed by atoms with Crippen molar-refractivity contribution < 1.29 is 19.4 Å². The first kappa shape index (κ1) is 17.6. The van der Waals surface area contributed by atoms with Gasteiger partial charge >= 0.3 is 0 Å². The molecule has 0 fully saturated rings. The van der Waals surface area contributed by atoms with Gasteiger partial charge in [0.25, 0.3) is 5.91 Å². The van der Waals surface area contributed by atoms with Gasteiger partial charge in [0.05, 0.1) is 19.8 Å². The Labute approximate surface area is 140 Å². The molecule has 0 aliphatic heterocycles. The molecule has 0 saturated carbocycles. The maximum Gasteiger partial charge on any atom is 0.252 e. The molecule has 1 amide bonds. The second-order valence-corrected chi connectivity index (χ2v) is 5.02. The summed E-state index contributed by atoms with van der Waals surface area (Å²) in [5.41, 5.74) is 1.44. The Bertz CT molecular complexity index is 652. The van der Waals surface area contributed by atoms with Crippen LogP contribution in [0.4, 0.5) is 0 Å². The van der Waals surface area contributed by atoms with Crippen LogP contribution < -0.4 is 20.1 Å². The fourth-order valence-corrected chi connectivity index (χ4v) is 2.15. The van der Waals surface area contributed by atoms with Crippen molar-refractivity contribution in [2.75, 3.05) is 27.3 Å². The van der Waals surface area contributed by atoms with Crippen LogP contribution in [-0.2, 0) is 6.54 Å². The molecule has 7 nitrogen and oxygen atoms in total. The Morgan fingerprint density at radius 1 is 1.21 bits per heavy atom. The molecule has 0 aliphatic carbocycles. The van der Waals surface area contributed by atoms with Crippen LogP contribution in [-0.4, -0.2) is 43.3 Å². The van der Waals surface area contributed by atoms with E-state index in [1.165, 1.54) is 20.4 Å². The Balaban J connectivity index is 1.79. The van der Waals surface area contributed by atoms with Gasteiger partial charge in [0.1, 0.15) is 0 Å². The molecule has 128 valence electrons. The van der Waals surface area contributed by atoms with Crippen LogP contribution in [0, 0.1) is 0 Å². The fourth-order valence-electron chi connectivity index (χ4n) is 2.15. The van der Waals surface area contributed by atoms with Crippen LogP contribution in [0.3, 0.4) is 0 Å². The maximum absolute atomic E-state index is 11.8. The van der Waals surface area contributed by atoms with Gasteiger partial charge in [-0.1, -0.05) is 0 Å². The van der Waals surface area contributed by atoms with Crippen molar-refractivity contribution in [2.45, 2.75) is 6.54 Å². The van der Waals surface area contributed by atoms with Gasteiger partial charge in [-0.05, 0) is 29.8 Å². The highest BCUT2D eigenvalue weighted by molar-refractivity contribution is 5.93. The number of carbonyl (C=O) groups excluding carboxylic acids is 1. The summed E-state index contributed by atoms with van der Waals surface area (Å²) in [6.07, 6.45) is 3.15. The van der Waals surface area contributed by atoms with Crippen LogP contribution in [0.2, 0.25) is 0 Å². The van der Waals surface area contributed by atoms with E-state index >= 15 is 0 Å². The topological polar surface area (TPSA) is 92.7 Å².